The van der Waals surface area contributed by atoms with E-state index in [0.29, 0.717) is 0 Å². The van der Waals surface area contributed by atoms with Crippen molar-refractivity contribution < 1.29 is 51.1 Å². The maximum Gasteiger partial charge on any atom is 0.372 e. The van der Waals surface area contributed by atoms with Gasteiger partial charge in [0.1, 0.15) is 24.4 Å². The molecule has 122 valence electrons. The smallest absolute Gasteiger partial charge is 0.372 e. The van der Waals surface area contributed by atoms with Gasteiger partial charge in [0.2, 0.25) is 5.78 Å². The molecule has 0 bridgehead atoms. The second-order valence-corrected chi connectivity index (χ2v) is 4.19. The molecule has 0 aromatic heterocycles. The Morgan fingerprint density at radius 1 is 1.10 bits per heavy atom. The minimum absolute atomic E-state index is 0.901. The van der Waals surface area contributed by atoms with Crippen molar-refractivity contribution in [1.82, 2.24) is 0 Å². The van der Waals surface area contributed by atoms with E-state index in [1.807, 2.05) is 0 Å². The van der Waals surface area contributed by atoms with Crippen molar-refractivity contribution in [1.29, 1.82) is 0 Å². The molecule has 0 aromatic rings. The van der Waals surface area contributed by atoms with Crippen LogP contribution in [-0.4, -0.2) is 85.5 Å². The summed E-state index contributed by atoms with van der Waals surface area (Å²) in [6, 6.07) is 0. The fraction of sp³-hybridized carbons (Fsp3) is 0.727. The summed E-state index contributed by atoms with van der Waals surface area (Å²) in [6.07, 6.45) is -11.0. The standard InChI is InChI=1S/C11H18O10/c1-4(13)21-10(5(14)2-6(15)11(19)20)9(18)8(17)7(16)3-12/h5,7-10,12,14,16-18H,2-3H2,1H3,(H,19,20)/t5-,7+,8+,9-,10+/m0/s1/i1D. The molecule has 10 nitrogen and oxygen atoms in total. The molecule has 0 aliphatic carbocycles. The minimum Gasteiger partial charge on any atom is -0.475 e. The van der Waals surface area contributed by atoms with E-state index in [2.05, 4.69) is 4.74 Å². The number of ether oxygens (including phenoxy) is 1. The summed E-state index contributed by atoms with van der Waals surface area (Å²) in [5, 5.41) is 55.3. The zero-order chi connectivity index (χ0) is 17.4. The second kappa shape index (κ2) is 8.64. The SMILES string of the molecule is [2H]CC(=O)O[C@@H]([C@@H](O)[C@H](O)[C@H](O)CO)[C@@H](O)CC(=O)C(=O)O. The van der Waals surface area contributed by atoms with Crippen LogP contribution in [0.2, 0.25) is 0 Å². The summed E-state index contributed by atoms with van der Waals surface area (Å²) in [6.45, 7) is -1.86. The van der Waals surface area contributed by atoms with Crippen LogP contribution in [0.3, 0.4) is 0 Å². The third-order valence-electron chi connectivity index (χ3n) is 2.55. The van der Waals surface area contributed by atoms with Gasteiger partial charge in [0, 0.05) is 14.7 Å². The molecule has 0 saturated heterocycles. The number of hydrogen-bond donors (Lipinski definition) is 6. The van der Waals surface area contributed by atoms with Crippen molar-refractivity contribution in [2.75, 3.05) is 6.61 Å². The summed E-state index contributed by atoms with van der Waals surface area (Å²) >= 11 is 0. The average molecular weight is 311 g/mol. The molecule has 5 atom stereocenters. The Balaban J connectivity index is 5.13. The normalized spacial score (nSPS) is 18.8. The van der Waals surface area contributed by atoms with Crippen LogP contribution in [-0.2, 0) is 19.1 Å². The first-order valence-corrected chi connectivity index (χ1v) is 5.73. The summed E-state index contributed by atoms with van der Waals surface area (Å²) < 4.78 is 11.3. The number of rotatable bonds is 9. The number of aliphatic hydroxyl groups excluding tert-OH is 5. The van der Waals surface area contributed by atoms with E-state index >= 15 is 0 Å². The number of hydrogen-bond acceptors (Lipinski definition) is 9. The van der Waals surface area contributed by atoms with Crippen LogP contribution in [0.4, 0.5) is 0 Å². The molecular weight excluding hydrogens is 292 g/mol. The Bertz CT molecular complexity index is 400. The van der Waals surface area contributed by atoms with Gasteiger partial charge < -0.3 is 35.4 Å². The molecule has 0 saturated carbocycles. The predicted molar refractivity (Wildman–Crippen MR) is 63.9 cm³/mol. The highest BCUT2D eigenvalue weighted by molar-refractivity contribution is 6.32. The largest absolute Gasteiger partial charge is 0.475 e. The van der Waals surface area contributed by atoms with Gasteiger partial charge >= 0.3 is 11.9 Å². The molecule has 6 N–H and O–H groups in total. The fourth-order valence-electron chi connectivity index (χ4n) is 1.45. The number of carbonyl (C=O) groups excluding carboxylic acids is 2. The van der Waals surface area contributed by atoms with Crippen molar-refractivity contribution in [2.45, 2.75) is 43.8 Å². The van der Waals surface area contributed by atoms with Gasteiger partial charge in [-0.2, -0.15) is 0 Å². The lowest BCUT2D eigenvalue weighted by Crippen LogP contribution is -2.52. The Morgan fingerprint density at radius 2 is 1.67 bits per heavy atom. The first-order valence-electron chi connectivity index (χ1n) is 6.44. The minimum atomic E-state index is -2.13. The van der Waals surface area contributed by atoms with Crippen LogP contribution in [0.1, 0.15) is 14.7 Å². The highest BCUT2D eigenvalue weighted by Crippen LogP contribution is 2.15. The van der Waals surface area contributed by atoms with E-state index in [1.54, 1.807) is 0 Å². The molecule has 0 unspecified atom stereocenters. The molecular formula is C11H18O10. The van der Waals surface area contributed by atoms with E-state index in [9.17, 15) is 34.8 Å². The molecule has 0 rings (SSSR count). The van der Waals surface area contributed by atoms with E-state index in [-0.39, 0.29) is 0 Å². The van der Waals surface area contributed by atoms with Gasteiger partial charge in [0.25, 0.3) is 0 Å². The monoisotopic (exact) mass is 311 g/mol. The van der Waals surface area contributed by atoms with Crippen molar-refractivity contribution in [3.05, 3.63) is 0 Å². The van der Waals surface area contributed by atoms with Crippen molar-refractivity contribution >= 4 is 17.7 Å². The van der Waals surface area contributed by atoms with Crippen LogP contribution in [0.5, 0.6) is 0 Å². The molecule has 10 heteroatoms. The molecule has 0 fully saturated rings. The molecule has 0 radical (unpaired) electrons. The number of carboxylic acid groups (broad SMARTS) is 1. The van der Waals surface area contributed by atoms with Gasteiger partial charge in [-0.05, 0) is 0 Å². The van der Waals surface area contributed by atoms with Crippen molar-refractivity contribution in [3.63, 3.8) is 0 Å². The second-order valence-electron chi connectivity index (χ2n) is 4.19. The quantitative estimate of drug-likeness (QED) is 0.184. The highest BCUT2D eigenvalue weighted by atomic mass is 16.6. The summed E-state index contributed by atoms with van der Waals surface area (Å²) in [5.41, 5.74) is 0. The van der Waals surface area contributed by atoms with Gasteiger partial charge in [-0.1, -0.05) is 0 Å². The molecule has 0 aliphatic rings. The number of Topliss-reactive ketones (excluding diaryl/α,β-unsaturated/α-hetero) is 1. The van der Waals surface area contributed by atoms with E-state index in [0.717, 1.165) is 0 Å². The number of aliphatic carboxylic acids is 1. The fourth-order valence-corrected chi connectivity index (χ4v) is 1.45. The van der Waals surface area contributed by atoms with E-state index < -0.39 is 68.2 Å². The van der Waals surface area contributed by atoms with Crippen LogP contribution >= 0.6 is 0 Å². The zero-order valence-electron chi connectivity index (χ0n) is 11.8. The molecule has 21 heavy (non-hydrogen) atoms. The highest BCUT2D eigenvalue weighted by Gasteiger charge is 2.39. The number of ketones is 1. The zero-order valence-corrected chi connectivity index (χ0v) is 10.8. The Labute approximate surface area is 120 Å². The van der Waals surface area contributed by atoms with Crippen molar-refractivity contribution in [2.24, 2.45) is 0 Å². The Kier molecular flexibility index (Phi) is 7.19. The van der Waals surface area contributed by atoms with Gasteiger partial charge in [-0.25, -0.2) is 4.79 Å². The first-order chi connectivity index (χ1) is 10.1. The lowest BCUT2D eigenvalue weighted by atomic mass is 9.96. The summed E-state index contributed by atoms with van der Waals surface area (Å²) in [7, 11) is 0. The Hall–Kier alpha value is -1.59. The molecule has 0 amide bonds. The number of carboxylic acids is 1. The maximum absolute atomic E-state index is 11.1. The van der Waals surface area contributed by atoms with Crippen LogP contribution in [0.25, 0.3) is 0 Å². The summed E-state index contributed by atoms with van der Waals surface area (Å²) in [5.74, 6) is -4.53. The molecule has 0 aromatic carbocycles. The van der Waals surface area contributed by atoms with E-state index in [1.165, 1.54) is 0 Å². The van der Waals surface area contributed by atoms with Gasteiger partial charge in [0.15, 0.2) is 6.10 Å². The molecule has 0 aliphatic heterocycles. The predicted octanol–water partition coefficient (Wildman–Crippen LogP) is -3.60. The summed E-state index contributed by atoms with van der Waals surface area (Å²) in [4.78, 5) is 32.5. The number of aliphatic hydroxyl groups is 5. The number of esters is 1. The average Bonchev–Trinajstić information content (AvgIpc) is 2.49. The van der Waals surface area contributed by atoms with Crippen LogP contribution in [0, 0.1) is 0 Å². The lowest BCUT2D eigenvalue weighted by molar-refractivity contribution is -0.180. The van der Waals surface area contributed by atoms with Crippen LogP contribution < -0.4 is 0 Å². The molecule has 0 spiro atoms. The third-order valence-corrected chi connectivity index (χ3v) is 2.55. The maximum atomic E-state index is 11.1. The van der Waals surface area contributed by atoms with Crippen molar-refractivity contribution in [3.8, 4) is 0 Å². The van der Waals surface area contributed by atoms with Crippen LogP contribution in [0.15, 0.2) is 0 Å². The van der Waals surface area contributed by atoms with Gasteiger partial charge in [-0.3, -0.25) is 9.59 Å². The lowest BCUT2D eigenvalue weighted by Gasteiger charge is -2.30. The molecule has 0 heterocycles. The third kappa shape index (κ3) is 6.14. The first kappa shape index (κ1) is 17.5. The van der Waals surface area contributed by atoms with Gasteiger partial charge in [-0.15, -0.1) is 0 Å². The Morgan fingerprint density at radius 3 is 2.10 bits per heavy atom. The van der Waals surface area contributed by atoms with Gasteiger partial charge in [0.05, 0.1) is 6.61 Å². The van der Waals surface area contributed by atoms with E-state index in [4.69, 9.17) is 11.6 Å². The topological polar surface area (TPSA) is 182 Å². The number of carbonyl (C=O) groups is 3.